The van der Waals surface area contributed by atoms with Crippen molar-refractivity contribution in [2.75, 3.05) is 5.32 Å². The lowest BCUT2D eigenvalue weighted by atomic mass is 10.2. The fourth-order valence-corrected chi connectivity index (χ4v) is 1.37. The van der Waals surface area contributed by atoms with Crippen molar-refractivity contribution in [3.05, 3.63) is 42.0 Å². The zero-order valence-electron chi connectivity index (χ0n) is 9.49. The third-order valence-corrected chi connectivity index (χ3v) is 2.21. The molecule has 0 saturated carbocycles. The Labute approximate surface area is 102 Å². The molecule has 0 atom stereocenters. The number of hydrogen-bond donors (Lipinski definition) is 2. The summed E-state index contributed by atoms with van der Waals surface area (Å²) in [4.78, 5) is 26.3. The van der Waals surface area contributed by atoms with Gasteiger partial charge in [0.2, 0.25) is 0 Å². The Morgan fingerprint density at radius 1 is 1.28 bits per heavy atom. The molecule has 0 aromatic carbocycles. The Hall–Kier alpha value is -2.70. The minimum atomic E-state index is -1.10. The van der Waals surface area contributed by atoms with Crippen LogP contribution in [0.2, 0.25) is 0 Å². The number of amides is 1. The number of nitrogens with zero attached hydrogens (tertiary/aromatic N) is 3. The molecule has 2 N–H and O–H groups in total. The fourth-order valence-electron chi connectivity index (χ4n) is 1.37. The van der Waals surface area contributed by atoms with Gasteiger partial charge in [0, 0.05) is 19.4 Å². The van der Waals surface area contributed by atoms with Gasteiger partial charge >= 0.3 is 5.97 Å². The Balaban J connectivity index is 2.16. The monoisotopic (exact) mass is 246 g/mol. The molecule has 7 nitrogen and oxygen atoms in total. The van der Waals surface area contributed by atoms with Crippen molar-refractivity contribution in [3.63, 3.8) is 0 Å². The van der Waals surface area contributed by atoms with Gasteiger partial charge in [0.25, 0.3) is 5.91 Å². The molecule has 0 spiro atoms. The maximum atomic E-state index is 11.8. The molecule has 18 heavy (non-hydrogen) atoms. The van der Waals surface area contributed by atoms with Crippen molar-refractivity contribution in [3.8, 4) is 0 Å². The van der Waals surface area contributed by atoms with Gasteiger partial charge in [-0.1, -0.05) is 0 Å². The number of nitrogens with one attached hydrogen (secondary N) is 1. The number of aromatic carboxylic acids is 1. The number of pyridine rings is 1. The van der Waals surface area contributed by atoms with Crippen molar-refractivity contribution >= 4 is 17.6 Å². The molecular formula is C11H10N4O3. The van der Waals surface area contributed by atoms with Crippen LogP contribution in [0, 0.1) is 0 Å². The number of carbonyl (C=O) groups is 2. The topological polar surface area (TPSA) is 97.1 Å². The Morgan fingerprint density at radius 3 is 2.67 bits per heavy atom. The SMILES string of the molecule is Cn1cc(C(=O)Nc2cncc(C(=O)O)c2)cn1. The molecule has 2 heterocycles. The van der Waals surface area contributed by atoms with Gasteiger partial charge in [-0.05, 0) is 6.07 Å². The molecule has 2 rings (SSSR count). The van der Waals surface area contributed by atoms with E-state index in [2.05, 4.69) is 15.4 Å². The lowest BCUT2D eigenvalue weighted by molar-refractivity contribution is 0.0696. The third-order valence-electron chi connectivity index (χ3n) is 2.21. The second-order valence-electron chi connectivity index (χ2n) is 3.62. The summed E-state index contributed by atoms with van der Waals surface area (Å²) in [6.45, 7) is 0. The van der Waals surface area contributed by atoms with Crippen LogP contribution in [0.25, 0.3) is 0 Å². The van der Waals surface area contributed by atoms with E-state index in [1.165, 1.54) is 29.3 Å². The van der Waals surface area contributed by atoms with Gasteiger partial charge in [-0.25, -0.2) is 4.79 Å². The van der Waals surface area contributed by atoms with E-state index in [9.17, 15) is 9.59 Å². The number of aromatic nitrogens is 3. The summed E-state index contributed by atoms with van der Waals surface area (Å²) in [6, 6.07) is 1.34. The number of carbonyl (C=O) groups excluding carboxylic acids is 1. The normalized spacial score (nSPS) is 10.1. The highest BCUT2D eigenvalue weighted by molar-refractivity contribution is 6.04. The molecular weight excluding hydrogens is 236 g/mol. The fraction of sp³-hybridized carbons (Fsp3) is 0.0909. The molecule has 0 radical (unpaired) electrons. The predicted octanol–water partition coefficient (Wildman–Crippen LogP) is 0.766. The third kappa shape index (κ3) is 2.51. The minimum absolute atomic E-state index is 0.0130. The van der Waals surface area contributed by atoms with E-state index in [0.717, 1.165) is 0 Å². The molecule has 0 aliphatic carbocycles. The summed E-state index contributed by atoms with van der Waals surface area (Å²) in [5, 5.41) is 15.2. The number of carboxylic acids is 1. The van der Waals surface area contributed by atoms with Crippen LogP contribution in [-0.4, -0.2) is 31.7 Å². The smallest absolute Gasteiger partial charge is 0.337 e. The maximum Gasteiger partial charge on any atom is 0.337 e. The molecule has 7 heteroatoms. The van der Waals surface area contributed by atoms with Crippen LogP contribution < -0.4 is 5.32 Å². The largest absolute Gasteiger partial charge is 0.478 e. The molecule has 0 fully saturated rings. The second kappa shape index (κ2) is 4.66. The van der Waals surface area contributed by atoms with Gasteiger partial charge < -0.3 is 10.4 Å². The lowest BCUT2D eigenvalue weighted by Crippen LogP contribution is -2.12. The van der Waals surface area contributed by atoms with Gasteiger partial charge in [-0.15, -0.1) is 0 Å². The number of aryl methyl sites for hydroxylation is 1. The summed E-state index contributed by atoms with van der Waals surface area (Å²) in [5.41, 5.74) is 0.723. The molecule has 0 aliphatic heterocycles. The molecule has 0 bridgehead atoms. The first-order chi connectivity index (χ1) is 8.56. The van der Waals surface area contributed by atoms with E-state index >= 15 is 0 Å². The predicted molar refractivity (Wildman–Crippen MR) is 62.4 cm³/mol. The molecule has 0 unspecified atom stereocenters. The molecule has 1 amide bonds. The van der Waals surface area contributed by atoms with Crippen LogP contribution in [0.15, 0.2) is 30.9 Å². The first-order valence-corrected chi connectivity index (χ1v) is 5.04. The highest BCUT2D eigenvalue weighted by atomic mass is 16.4. The zero-order valence-corrected chi connectivity index (χ0v) is 9.49. The van der Waals surface area contributed by atoms with E-state index < -0.39 is 5.97 Å². The van der Waals surface area contributed by atoms with Gasteiger partial charge in [0.15, 0.2) is 0 Å². The van der Waals surface area contributed by atoms with Crippen LogP contribution in [0.1, 0.15) is 20.7 Å². The van der Waals surface area contributed by atoms with Crippen LogP contribution >= 0.6 is 0 Å². The summed E-state index contributed by atoms with van der Waals surface area (Å²) in [5.74, 6) is -1.47. The van der Waals surface area contributed by atoms with E-state index in [0.29, 0.717) is 11.3 Å². The van der Waals surface area contributed by atoms with Crippen molar-refractivity contribution in [2.24, 2.45) is 7.05 Å². The van der Waals surface area contributed by atoms with Gasteiger partial charge in [-0.3, -0.25) is 14.5 Å². The standard InChI is InChI=1S/C11H10N4O3/c1-15-6-8(4-13-15)10(16)14-9-2-7(11(17)18)3-12-5-9/h2-6H,1H3,(H,14,16)(H,17,18). The first-order valence-electron chi connectivity index (χ1n) is 5.04. The number of rotatable bonds is 3. The zero-order chi connectivity index (χ0) is 13.1. The van der Waals surface area contributed by atoms with Crippen LogP contribution in [0.4, 0.5) is 5.69 Å². The van der Waals surface area contributed by atoms with Gasteiger partial charge in [0.05, 0.1) is 29.2 Å². The van der Waals surface area contributed by atoms with Crippen LogP contribution in [0.5, 0.6) is 0 Å². The number of hydrogen-bond acceptors (Lipinski definition) is 4. The average molecular weight is 246 g/mol. The summed E-state index contributed by atoms with van der Waals surface area (Å²) < 4.78 is 1.50. The van der Waals surface area contributed by atoms with E-state index in [4.69, 9.17) is 5.11 Å². The van der Waals surface area contributed by atoms with Crippen molar-refractivity contribution < 1.29 is 14.7 Å². The second-order valence-corrected chi connectivity index (χ2v) is 3.62. The minimum Gasteiger partial charge on any atom is -0.478 e. The van der Waals surface area contributed by atoms with E-state index in [1.54, 1.807) is 13.2 Å². The highest BCUT2D eigenvalue weighted by Crippen LogP contribution is 2.10. The summed E-state index contributed by atoms with van der Waals surface area (Å²) in [7, 11) is 1.70. The summed E-state index contributed by atoms with van der Waals surface area (Å²) >= 11 is 0. The van der Waals surface area contributed by atoms with Gasteiger partial charge in [-0.2, -0.15) is 5.10 Å². The molecule has 2 aromatic rings. The van der Waals surface area contributed by atoms with Crippen molar-refractivity contribution in [2.45, 2.75) is 0 Å². The molecule has 92 valence electrons. The van der Waals surface area contributed by atoms with Crippen LogP contribution in [0.3, 0.4) is 0 Å². The van der Waals surface area contributed by atoms with Crippen molar-refractivity contribution in [1.29, 1.82) is 0 Å². The quantitative estimate of drug-likeness (QED) is 0.833. The number of carboxylic acid groups (broad SMARTS) is 1. The van der Waals surface area contributed by atoms with E-state index in [-0.39, 0.29) is 11.5 Å². The maximum absolute atomic E-state index is 11.8. The van der Waals surface area contributed by atoms with Gasteiger partial charge in [0.1, 0.15) is 0 Å². The highest BCUT2D eigenvalue weighted by Gasteiger charge is 2.10. The number of anilines is 1. The van der Waals surface area contributed by atoms with Crippen molar-refractivity contribution in [1.82, 2.24) is 14.8 Å². The average Bonchev–Trinajstić information content (AvgIpc) is 2.76. The molecule has 2 aromatic heterocycles. The van der Waals surface area contributed by atoms with Crippen LogP contribution in [-0.2, 0) is 7.05 Å². The Kier molecular flexibility index (Phi) is 3.05. The Morgan fingerprint density at radius 2 is 2.06 bits per heavy atom. The van der Waals surface area contributed by atoms with E-state index in [1.807, 2.05) is 0 Å². The Bertz CT molecular complexity index is 606. The summed E-state index contributed by atoms with van der Waals surface area (Å²) in [6.07, 6.45) is 5.57. The molecule has 0 saturated heterocycles. The lowest BCUT2D eigenvalue weighted by Gasteiger charge is -2.03. The molecule has 0 aliphatic rings. The first kappa shape index (κ1) is 11.8.